The lowest BCUT2D eigenvalue weighted by Gasteiger charge is -2.12. The van der Waals surface area contributed by atoms with Crippen LogP contribution in [0.15, 0.2) is 28.0 Å². The molecule has 12 heavy (non-hydrogen) atoms. The van der Waals surface area contributed by atoms with Gasteiger partial charge in [0.1, 0.15) is 0 Å². The van der Waals surface area contributed by atoms with Gasteiger partial charge in [0.25, 0.3) is 0 Å². The standard InChI is InChI=1S/C10H12S2/c1-7-4-5-8-9(6-7)12-10(2,3)11-8/h4-6H,1-3H3. The van der Waals surface area contributed by atoms with Crippen molar-refractivity contribution in [2.75, 3.05) is 0 Å². The molecule has 0 aliphatic carbocycles. The molecule has 0 aromatic heterocycles. The molecular weight excluding hydrogens is 184 g/mol. The van der Waals surface area contributed by atoms with E-state index in [9.17, 15) is 0 Å². The number of fused-ring (bicyclic) bond motifs is 1. The van der Waals surface area contributed by atoms with E-state index in [1.807, 2.05) is 23.5 Å². The Labute approximate surface area is 82.1 Å². The van der Waals surface area contributed by atoms with Crippen LogP contribution in [0.1, 0.15) is 19.4 Å². The number of hydrogen-bond donors (Lipinski definition) is 0. The van der Waals surface area contributed by atoms with Crippen LogP contribution in [0.3, 0.4) is 0 Å². The quantitative estimate of drug-likeness (QED) is 0.616. The molecule has 0 fully saturated rings. The van der Waals surface area contributed by atoms with Gasteiger partial charge in [-0.1, -0.05) is 6.07 Å². The van der Waals surface area contributed by atoms with Crippen LogP contribution in [0, 0.1) is 6.92 Å². The molecular formula is C10H12S2. The van der Waals surface area contributed by atoms with Crippen LogP contribution in [-0.2, 0) is 0 Å². The molecule has 0 N–H and O–H groups in total. The molecule has 0 radical (unpaired) electrons. The Kier molecular flexibility index (Phi) is 1.92. The Balaban J connectivity index is 2.43. The maximum absolute atomic E-state index is 2.28. The van der Waals surface area contributed by atoms with E-state index in [-0.39, 0.29) is 0 Å². The minimum atomic E-state index is 0.329. The van der Waals surface area contributed by atoms with Gasteiger partial charge in [0.2, 0.25) is 0 Å². The summed E-state index contributed by atoms with van der Waals surface area (Å²) in [5.41, 5.74) is 1.36. The van der Waals surface area contributed by atoms with Crippen molar-refractivity contribution in [2.24, 2.45) is 0 Å². The summed E-state index contributed by atoms with van der Waals surface area (Å²) < 4.78 is 0.329. The molecule has 1 heterocycles. The van der Waals surface area contributed by atoms with E-state index in [2.05, 4.69) is 39.0 Å². The van der Waals surface area contributed by atoms with Gasteiger partial charge < -0.3 is 0 Å². The summed E-state index contributed by atoms with van der Waals surface area (Å²) in [6.45, 7) is 6.70. The van der Waals surface area contributed by atoms with E-state index in [0.29, 0.717) is 4.08 Å². The van der Waals surface area contributed by atoms with Crippen molar-refractivity contribution >= 4 is 23.5 Å². The Morgan fingerprint density at radius 3 is 2.50 bits per heavy atom. The number of thioether (sulfide) groups is 2. The Hall–Kier alpha value is -0.0800. The second kappa shape index (κ2) is 2.71. The molecule has 1 aliphatic rings. The summed E-state index contributed by atoms with van der Waals surface area (Å²) in [4.78, 5) is 2.89. The van der Waals surface area contributed by atoms with E-state index in [1.54, 1.807) is 0 Å². The fourth-order valence-corrected chi connectivity index (χ4v) is 4.05. The van der Waals surface area contributed by atoms with Gasteiger partial charge in [-0.3, -0.25) is 0 Å². The van der Waals surface area contributed by atoms with Crippen LogP contribution in [0.5, 0.6) is 0 Å². The highest BCUT2D eigenvalue weighted by atomic mass is 32.2. The van der Waals surface area contributed by atoms with Crippen LogP contribution in [-0.4, -0.2) is 4.08 Å². The van der Waals surface area contributed by atoms with E-state index >= 15 is 0 Å². The van der Waals surface area contributed by atoms with Crippen molar-refractivity contribution < 1.29 is 0 Å². The molecule has 0 unspecified atom stereocenters. The zero-order valence-electron chi connectivity index (χ0n) is 7.55. The first-order valence-electron chi connectivity index (χ1n) is 4.05. The van der Waals surface area contributed by atoms with Crippen LogP contribution < -0.4 is 0 Å². The SMILES string of the molecule is Cc1ccc2c(c1)SC(C)(C)S2. The molecule has 1 aromatic rings. The smallest absolute Gasteiger partial charge is 0.0649 e. The number of hydrogen-bond acceptors (Lipinski definition) is 2. The van der Waals surface area contributed by atoms with E-state index in [1.165, 1.54) is 15.4 Å². The highest BCUT2D eigenvalue weighted by Gasteiger charge is 2.29. The number of aryl methyl sites for hydroxylation is 1. The van der Waals surface area contributed by atoms with Crippen LogP contribution in [0.25, 0.3) is 0 Å². The van der Waals surface area contributed by atoms with Crippen molar-refractivity contribution in [1.29, 1.82) is 0 Å². The fraction of sp³-hybridized carbons (Fsp3) is 0.400. The topological polar surface area (TPSA) is 0 Å². The Bertz CT molecular complexity index is 316. The maximum Gasteiger partial charge on any atom is 0.0649 e. The van der Waals surface area contributed by atoms with Gasteiger partial charge in [-0.05, 0) is 38.5 Å². The molecule has 0 bridgehead atoms. The molecule has 0 atom stereocenters. The summed E-state index contributed by atoms with van der Waals surface area (Å²) in [7, 11) is 0. The molecule has 0 saturated carbocycles. The van der Waals surface area contributed by atoms with Crippen molar-refractivity contribution in [1.82, 2.24) is 0 Å². The third-order valence-corrected chi connectivity index (χ3v) is 4.56. The molecule has 2 heteroatoms. The Morgan fingerprint density at radius 1 is 1.08 bits per heavy atom. The molecule has 2 rings (SSSR count). The predicted molar refractivity (Wildman–Crippen MR) is 57.0 cm³/mol. The lowest BCUT2D eigenvalue weighted by Crippen LogP contribution is -2.01. The second-order valence-corrected chi connectivity index (χ2v) is 7.14. The third-order valence-electron chi connectivity index (χ3n) is 1.81. The van der Waals surface area contributed by atoms with Crippen LogP contribution >= 0.6 is 23.5 Å². The van der Waals surface area contributed by atoms with Gasteiger partial charge in [0, 0.05) is 9.79 Å². The van der Waals surface area contributed by atoms with Crippen LogP contribution in [0.4, 0.5) is 0 Å². The van der Waals surface area contributed by atoms with Crippen molar-refractivity contribution in [2.45, 2.75) is 34.6 Å². The second-order valence-electron chi connectivity index (χ2n) is 3.55. The monoisotopic (exact) mass is 196 g/mol. The average molecular weight is 196 g/mol. The average Bonchev–Trinajstić information content (AvgIpc) is 2.21. The van der Waals surface area contributed by atoms with Crippen molar-refractivity contribution in [3.8, 4) is 0 Å². The summed E-state index contributed by atoms with van der Waals surface area (Å²) in [5.74, 6) is 0. The zero-order valence-corrected chi connectivity index (χ0v) is 9.18. The molecule has 64 valence electrons. The molecule has 1 aromatic carbocycles. The Morgan fingerprint density at radius 2 is 1.75 bits per heavy atom. The number of benzene rings is 1. The first-order chi connectivity index (χ1) is 5.57. The third kappa shape index (κ3) is 1.50. The first-order valence-corrected chi connectivity index (χ1v) is 5.69. The minimum absolute atomic E-state index is 0.329. The van der Waals surface area contributed by atoms with Gasteiger partial charge in [0.05, 0.1) is 4.08 Å². The van der Waals surface area contributed by atoms with Crippen molar-refractivity contribution in [3.05, 3.63) is 23.8 Å². The summed E-state index contributed by atoms with van der Waals surface area (Å²) in [5, 5.41) is 0. The summed E-state index contributed by atoms with van der Waals surface area (Å²) >= 11 is 3.94. The first kappa shape index (κ1) is 8.52. The van der Waals surface area contributed by atoms with Crippen LogP contribution in [0.2, 0.25) is 0 Å². The lowest BCUT2D eigenvalue weighted by molar-refractivity contribution is 1.04. The van der Waals surface area contributed by atoms with Gasteiger partial charge in [-0.15, -0.1) is 23.5 Å². The molecule has 1 aliphatic heterocycles. The van der Waals surface area contributed by atoms with Crippen molar-refractivity contribution in [3.63, 3.8) is 0 Å². The van der Waals surface area contributed by atoms with E-state index in [4.69, 9.17) is 0 Å². The van der Waals surface area contributed by atoms with E-state index < -0.39 is 0 Å². The lowest BCUT2D eigenvalue weighted by atomic mass is 10.2. The predicted octanol–water partition coefficient (Wildman–Crippen LogP) is 3.93. The summed E-state index contributed by atoms with van der Waals surface area (Å²) in [6.07, 6.45) is 0. The van der Waals surface area contributed by atoms with Gasteiger partial charge >= 0.3 is 0 Å². The molecule has 0 spiro atoms. The number of rotatable bonds is 0. The van der Waals surface area contributed by atoms with Gasteiger partial charge in [0.15, 0.2) is 0 Å². The maximum atomic E-state index is 2.28. The summed E-state index contributed by atoms with van der Waals surface area (Å²) in [6, 6.07) is 6.70. The molecule has 0 saturated heterocycles. The molecule has 0 nitrogen and oxygen atoms in total. The normalized spacial score (nSPS) is 19.2. The highest BCUT2D eigenvalue weighted by Crippen LogP contribution is 2.55. The van der Waals surface area contributed by atoms with Gasteiger partial charge in [-0.2, -0.15) is 0 Å². The largest absolute Gasteiger partial charge is 0.107 e. The molecule has 0 amide bonds. The van der Waals surface area contributed by atoms with E-state index in [0.717, 1.165) is 0 Å². The fourth-order valence-electron chi connectivity index (χ4n) is 1.33. The van der Waals surface area contributed by atoms with Gasteiger partial charge in [-0.25, -0.2) is 0 Å². The highest BCUT2D eigenvalue weighted by molar-refractivity contribution is 8.20. The minimum Gasteiger partial charge on any atom is -0.107 e. The zero-order chi connectivity index (χ0) is 8.77.